The van der Waals surface area contributed by atoms with Gasteiger partial charge in [0.2, 0.25) is 11.8 Å². The van der Waals surface area contributed by atoms with Gasteiger partial charge in [0.05, 0.1) is 11.7 Å². The Labute approximate surface area is 211 Å². The van der Waals surface area contributed by atoms with Gasteiger partial charge in [0, 0.05) is 11.5 Å². The van der Waals surface area contributed by atoms with Gasteiger partial charge >= 0.3 is 0 Å². The van der Waals surface area contributed by atoms with E-state index in [4.69, 9.17) is 15.1 Å². The van der Waals surface area contributed by atoms with Crippen LogP contribution in [0.1, 0.15) is 75.4 Å². The van der Waals surface area contributed by atoms with Crippen molar-refractivity contribution in [3.63, 3.8) is 0 Å². The third kappa shape index (κ3) is 6.34. The zero-order chi connectivity index (χ0) is 24.9. The molecular formula is C29H44N4O2. The molecule has 35 heavy (non-hydrogen) atoms. The fraction of sp³-hybridized carbons (Fsp3) is 0.655. The SMILES string of the molecule is Cc1ccccc1-c1nc(C(CCCN2CCC(C(C)C)CC2)N2CCC(C(N)=O)CC2)c(C)o1. The molecule has 0 saturated carbocycles. The second-order valence-electron chi connectivity index (χ2n) is 11.1. The predicted octanol–water partition coefficient (Wildman–Crippen LogP) is 5.35. The first-order chi connectivity index (χ1) is 16.8. The van der Waals surface area contributed by atoms with E-state index in [0.717, 1.165) is 74.2 Å². The van der Waals surface area contributed by atoms with Crippen molar-refractivity contribution in [3.05, 3.63) is 41.3 Å². The number of oxazole rings is 1. The number of carbonyl (C=O) groups excluding carboxylic acids is 1. The molecule has 0 bridgehead atoms. The minimum atomic E-state index is -0.162. The van der Waals surface area contributed by atoms with Gasteiger partial charge in [0.15, 0.2) is 0 Å². The Kier molecular flexibility index (Phi) is 8.66. The maximum Gasteiger partial charge on any atom is 0.226 e. The van der Waals surface area contributed by atoms with Crippen molar-refractivity contribution < 1.29 is 9.21 Å². The number of primary amides is 1. The molecule has 2 aliphatic rings. The number of nitrogens with zero attached hydrogens (tertiary/aromatic N) is 3. The van der Waals surface area contributed by atoms with Crippen LogP contribution < -0.4 is 5.73 Å². The van der Waals surface area contributed by atoms with Crippen molar-refractivity contribution in [2.24, 2.45) is 23.5 Å². The zero-order valence-electron chi connectivity index (χ0n) is 22.1. The van der Waals surface area contributed by atoms with E-state index < -0.39 is 0 Å². The van der Waals surface area contributed by atoms with Crippen molar-refractivity contribution in [1.82, 2.24) is 14.8 Å². The van der Waals surface area contributed by atoms with Crippen LogP contribution in [0.25, 0.3) is 11.5 Å². The van der Waals surface area contributed by atoms with Crippen LogP contribution in [0.15, 0.2) is 28.7 Å². The van der Waals surface area contributed by atoms with Gasteiger partial charge in [-0.1, -0.05) is 32.0 Å². The van der Waals surface area contributed by atoms with Crippen LogP contribution in [0.5, 0.6) is 0 Å². The molecule has 2 N–H and O–H groups in total. The second-order valence-corrected chi connectivity index (χ2v) is 11.1. The molecule has 1 atom stereocenters. The average molecular weight is 481 g/mol. The van der Waals surface area contributed by atoms with E-state index in [0.29, 0.717) is 5.89 Å². The van der Waals surface area contributed by atoms with Gasteiger partial charge in [-0.25, -0.2) is 4.98 Å². The monoisotopic (exact) mass is 480 g/mol. The number of hydrogen-bond donors (Lipinski definition) is 1. The van der Waals surface area contributed by atoms with Gasteiger partial charge in [-0.2, -0.15) is 0 Å². The minimum Gasteiger partial charge on any atom is -0.441 e. The summed E-state index contributed by atoms with van der Waals surface area (Å²) in [7, 11) is 0. The molecule has 0 radical (unpaired) electrons. The topological polar surface area (TPSA) is 75.6 Å². The largest absolute Gasteiger partial charge is 0.441 e. The molecule has 4 rings (SSSR count). The van der Waals surface area contributed by atoms with E-state index in [1.807, 2.05) is 19.1 Å². The third-order valence-corrected chi connectivity index (χ3v) is 8.42. The molecule has 192 valence electrons. The summed E-state index contributed by atoms with van der Waals surface area (Å²) in [5.74, 6) is 3.12. The molecule has 2 fully saturated rings. The quantitative estimate of drug-likeness (QED) is 0.524. The van der Waals surface area contributed by atoms with E-state index in [-0.39, 0.29) is 17.9 Å². The summed E-state index contributed by atoms with van der Waals surface area (Å²) in [5, 5.41) is 0. The van der Waals surface area contributed by atoms with Crippen LogP contribution in [-0.4, -0.2) is 53.4 Å². The van der Waals surface area contributed by atoms with Gasteiger partial charge in [0.1, 0.15) is 5.76 Å². The van der Waals surface area contributed by atoms with Crippen LogP contribution in [-0.2, 0) is 4.79 Å². The van der Waals surface area contributed by atoms with Crippen molar-refractivity contribution >= 4 is 5.91 Å². The summed E-state index contributed by atoms with van der Waals surface area (Å²) in [6.07, 6.45) is 6.49. The highest BCUT2D eigenvalue weighted by atomic mass is 16.4. The Morgan fingerprint density at radius 3 is 2.40 bits per heavy atom. The lowest BCUT2D eigenvalue weighted by atomic mass is 9.86. The van der Waals surface area contributed by atoms with Crippen LogP contribution in [0.4, 0.5) is 0 Å². The number of likely N-dealkylation sites (tertiary alicyclic amines) is 2. The molecule has 6 heteroatoms. The molecule has 0 aliphatic carbocycles. The Balaban J connectivity index is 1.46. The number of aryl methyl sites for hydroxylation is 2. The smallest absolute Gasteiger partial charge is 0.226 e. The molecule has 1 amide bonds. The van der Waals surface area contributed by atoms with Gasteiger partial charge in [-0.05, 0) is 109 Å². The van der Waals surface area contributed by atoms with Gasteiger partial charge in [-0.3, -0.25) is 9.69 Å². The molecule has 2 aromatic rings. The van der Waals surface area contributed by atoms with E-state index in [2.05, 4.69) is 42.7 Å². The molecule has 3 heterocycles. The number of rotatable bonds is 9. The molecule has 2 saturated heterocycles. The van der Waals surface area contributed by atoms with Crippen molar-refractivity contribution in [1.29, 1.82) is 0 Å². The molecule has 0 spiro atoms. The zero-order valence-corrected chi connectivity index (χ0v) is 22.1. The molecule has 2 aliphatic heterocycles. The van der Waals surface area contributed by atoms with Crippen LogP contribution in [0, 0.1) is 31.6 Å². The molecule has 1 unspecified atom stereocenters. The van der Waals surface area contributed by atoms with E-state index in [1.54, 1.807) is 0 Å². The number of hydrogen-bond acceptors (Lipinski definition) is 5. The highest BCUT2D eigenvalue weighted by molar-refractivity contribution is 5.76. The van der Waals surface area contributed by atoms with Crippen molar-refractivity contribution in [3.8, 4) is 11.5 Å². The number of carbonyl (C=O) groups is 1. The van der Waals surface area contributed by atoms with E-state index in [1.165, 1.54) is 31.5 Å². The highest BCUT2D eigenvalue weighted by Gasteiger charge is 2.32. The highest BCUT2D eigenvalue weighted by Crippen LogP contribution is 2.35. The van der Waals surface area contributed by atoms with E-state index >= 15 is 0 Å². The van der Waals surface area contributed by atoms with E-state index in [9.17, 15) is 4.79 Å². The van der Waals surface area contributed by atoms with Crippen molar-refractivity contribution in [2.75, 3.05) is 32.7 Å². The lowest BCUT2D eigenvalue weighted by Crippen LogP contribution is -2.41. The Morgan fingerprint density at radius 2 is 1.77 bits per heavy atom. The first-order valence-electron chi connectivity index (χ1n) is 13.6. The first kappa shape index (κ1) is 25.9. The summed E-state index contributed by atoms with van der Waals surface area (Å²) in [4.78, 5) is 21.9. The normalized spacial score (nSPS) is 19.9. The number of aromatic nitrogens is 1. The van der Waals surface area contributed by atoms with Crippen molar-refractivity contribution in [2.45, 2.75) is 72.3 Å². The van der Waals surface area contributed by atoms with Crippen LogP contribution >= 0.6 is 0 Å². The molecule has 1 aromatic carbocycles. The Bertz CT molecular complexity index is 969. The summed E-state index contributed by atoms with van der Waals surface area (Å²) >= 11 is 0. The van der Waals surface area contributed by atoms with Crippen LogP contribution in [0.3, 0.4) is 0 Å². The fourth-order valence-electron chi connectivity index (χ4n) is 5.98. The Hall–Kier alpha value is -2.18. The number of piperidine rings is 2. The van der Waals surface area contributed by atoms with Gasteiger partial charge in [0.25, 0.3) is 0 Å². The van der Waals surface area contributed by atoms with Crippen LogP contribution in [0.2, 0.25) is 0 Å². The third-order valence-electron chi connectivity index (χ3n) is 8.42. The molecule has 1 aromatic heterocycles. The summed E-state index contributed by atoms with van der Waals surface area (Å²) in [6, 6.07) is 8.47. The maximum atomic E-state index is 11.7. The fourth-order valence-corrected chi connectivity index (χ4v) is 5.98. The maximum absolute atomic E-state index is 11.7. The number of benzene rings is 1. The first-order valence-corrected chi connectivity index (χ1v) is 13.6. The second kappa shape index (κ2) is 11.7. The van der Waals surface area contributed by atoms with Gasteiger partial charge in [-0.15, -0.1) is 0 Å². The average Bonchev–Trinajstić information content (AvgIpc) is 3.23. The predicted molar refractivity (Wildman–Crippen MR) is 141 cm³/mol. The Morgan fingerprint density at radius 1 is 1.09 bits per heavy atom. The van der Waals surface area contributed by atoms with Gasteiger partial charge < -0.3 is 15.1 Å². The lowest BCUT2D eigenvalue weighted by Gasteiger charge is -2.37. The minimum absolute atomic E-state index is 0.00455. The summed E-state index contributed by atoms with van der Waals surface area (Å²) in [6.45, 7) is 14.2. The standard InChI is InChI=1S/C29H44N4O2/c1-20(2)23-11-16-32(17-12-23)15-7-10-26(33-18-13-24(14-19-33)28(30)34)27-22(4)35-29(31-27)25-9-6-5-8-21(25)3/h5-6,8-9,20,23-24,26H,7,10-19H2,1-4H3,(H2,30,34). The number of amides is 1. The summed E-state index contributed by atoms with van der Waals surface area (Å²) < 4.78 is 6.22. The molecular weight excluding hydrogens is 436 g/mol. The summed E-state index contributed by atoms with van der Waals surface area (Å²) in [5.41, 5.74) is 8.89. The lowest BCUT2D eigenvalue weighted by molar-refractivity contribution is -0.123. The molecule has 6 nitrogen and oxygen atoms in total. The number of nitrogens with two attached hydrogens (primary N) is 1.